The number of aryl methyl sites for hydroxylation is 1. The van der Waals surface area contributed by atoms with Gasteiger partial charge in [-0.3, -0.25) is 4.79 Å². The predicted molar refractivity (Wildman–Crippen MR) is 121 cm³/mol. The molecule has 0 radical (unpaired) electrons. The van der Waals surface area contributed by atoms with Crippen molar-refractivity contribution in [2.45, 2.75) is 57.3 Å². The number of fused-ring (bicyclic) bond motifs is 1. The lowest BCUT2D eigenvalue weighted by Gasteiger charge is -2.33. The lowest BCUT2D eigenvalue weighted by Crippen LogP contribution is -2.44. The molecule has 0 atom stereocenters. The van der Waals surface area contributed by atoms with Gasteiger partial charge in [0, 0.05) is 25.7 Å². The lowest BCUT2D eigenvalue weighted by atomic mass is 9.88. The number of carboxylic acid groups (broad SMARTS) is 1. The zero-order valence-electron chi connectivity index (χ0n) is 18.8. The summed E-state index contributed by atoms with van der Waals surface area (Å²) >= 11 is 0. The number of hydrogen-bond donors (Lipinski definition) is 3. The highest BCUT2D eigenvalue weighted by Crippen LogP contribution is 2.25. The third-order valence-electron chi connectivity index (χ3n) is 6.23. The number of carbonyl (C=O) groups is 2. The number of aliphatic carboxylic acids is 1. The van der Waals surface area contributed by atoms with E-state index >= 15 is 0 Å². The van der Waals surface area contributed by atoms with Gasteiger partial charge in [-0.2, -0.15) is 13.2 Å². The quantitative estimate of drug-likeness (QED) is 0.610. The maximum absolute atomic E-state index is 12.6. The summed E-state index contributed by atoms with van der Waals surface area (Å²) < 4.78 is 31.7. The average molecular weight is 479 g/mol. The van der Waals surface area contributed by atoms with E-state index in [-0.39, 0.29) is 11.7 Å². The number of carboxylic acids is 1. The van der Waals surface area contributed by atoms with Crippen LogP contribution in [0.1, 0.15) is 52.7 Å². The van der Waals surface area contributed by atoms with Crippen LogP contribution in [0.2, 0.25) is 0 Å². The minimum atomic E-state index is -5.08. The molecule has 6 nitrogen and oxygen atoms in total. The number of hydrogen-bond acceptors (Lipinski definition) is 4. The first kappa shape index (κ1) is 25.6. The normalized spacial score (nSPS) is 16.3. The van der Waals surface area contributed by atoms with E-state index in [4.69, 9.17) is 9.90 Å². The van der Waals surface area contributed by atoms with Crippen molar-refractivity contribution in [2.75, 3.05) is 13.1 Å². The molecule has 3 N–H and O–H groups in total. The van der Waals surface area contributed by atoms with Gasteiger partial charge in [-0.25, -0.2) is 4.79 Å². The van der Waals surface area contributed by atoms with Gasteiger partial charge >= 0.3 is 12.1 Å². The fraction of sp³-hybridized carbons (Fsp3) is 0.440. The summed E-state index contributed by atoms with van der Waals surface area (Å²) in [4.78, 5) is 23.4. The Labute approximate surface area is 196 Å². The lowest BCUT2D eigenvalue weighted by molar-refractivity contribution is -0.192. The highest BCUT2D eigenvalue weighted by molar-refractivity contribution is 5.96. The number of amides is 1. The first-order valence-electron chi connectivity index (χ1n) is 11.4. The molecule has 184 valence electrons. The van der Waals surface area contributed by atoms with Crippen molar-refractivity contribution in [1.82, 2.24) is 10.2 Å². The molecule has 34 heavy (non-hydrogen) atoms. The van der Waals surface area contributed by atoms with E-state index < -0.39 is 12.1 Å². The van der Waals surface area contributed by atoms with Gasteiger partial charge in [0.15, 0.2) is 0 Å². The number of phenols is 1. The number of carbonyl (C=O) groups excluding carboxylic acids is 1. The topological polar surface area (TPSA) is 89.9 Å². The van der Waals surface area contributed by atoms with Crippen LogP contribution in [-0.2, 0) is 24.2 Å². The number of rotatable bonds is 4. The molecule has 9 heteroatoms. The van der Waals surface area contributed by atoms with Gasteiger partial charge in [0.05, 0.1) is 5.56 Å². The zero-order chi connectivity index (χ0) is 24.7. The van der Waals surface area contributed by atoms with Gasteiger partial charge in [0.1, 0.15) is 5.75 Å². The Morgan fingerprint density at radius 3 is 2.29 bits per heavy atom. The largest absolute Gasteiger partial charge is 0.507 e. The Bertz CT molecular complexity index is 1000. The van der Waals surface area contributed by atoms with Crippen molar-refractivity contribution < 1.29 is 33.0 Å². The number of para-hydroxylation sites is 1. The van der Waals surface area contributed by atoms with Crippen molar-refractivity contribution in [3.05, 3.63) is 64.7 Å². The second-order valence-electron chi connectivity index (χ2n) is 8.53. The summed E-state index contributed by atoms with van der Waals surface area (Å²) in [5.74, 6) is -2.76. The molecule has 2 aliphatic rings. The highest BCUT2D eigenvalue weighted by Gasteiger charge is 2.38. The van der Waals surface area contributed by atoms with Crippen molar-refractivity contribution >= 4 is 11.9 Å². The molecular weight excluding hydrogens is 449 g/mol. The monoisotopic (exact) mass is 478 g/mol. The number of likely N-dealkylation sites (tertiary alicyclic amines) is 1. The average Bonchev–Trinajstić information content (AvgIpc) is 2.83. The summed E-state index contributed by atoms with van der Waals surface area (Å²) in [6, 6.07) is 14.0. The molecule has 1 saturated heterocycles. The van der Waals surface area contributed by atoms with Gasteiger partial charge in [-0.1, -0.05) is 30.3 Å². The van der Waals surface area contributed by atoms with E-state index in [0.29, 0.717) is 11.6 Å². The number of nitrogens with zero attached hydrogens (tertiary/aromatic N) is 1. The minimum Gasteiger partial charge on any atom is -0.507 e. The van der Waals surface area contributed by atoms with Crippen molar-refractivity contribution in [2.24, 2.45) is 0 Å². The van der Waals surface area contributed by atoms with Gasteiger partial charge in [-0.05, 0) is 67.3 Å². The molecule has 1 fully saturated rings. The van der Waals surface area contributed by atoms with Crippen LogP contribution in [0.15, 0.2) is 42.5 Å². The summed E-state index contributed by atoms with van der Waals surface area (Å²) in [6.45, 7) is 2.39. The molecule has 0 saturated carbocycles. The first-order chi connectivity index (χ1) is 16.2. The third kappa shape index (κ3) is 6.72. The van der Waals surface area contributed by atoms with Crippen LogP contribution in [-0.4, -0.2) is 52.3 Å². The van der Waals surface area contributed by atoms with Crippen LogP contribution in [0.5, 0.6) is 5.75 Å². The second-order valence-corrected chi connectivity index (χ2v) is 8.53. The maximum Gasteiger partial charge on any atom is 0.490 e. The fourth-order valence-electron chi connectivity index (χ4n) is 4.39. The van der Waals surface area contributed by atoms with Crippen LogP contribution in [0.4, 0.5) is 13.2 Å². The second kappa shape index (κ2) is 11.4. The highest BCUT2D eigenvalue weighted by atomic mass is 19.4. The third-order valence-corrected chi connectivity index (χ3v) is 6.23. The number of nitrogens with one attached hydrogen (secondary N) is 1. The first-order valence-corrected chi connectivity index (χ1v) is 11.4. The zero-order valence-corrected chi connectivity index (χ0v) is 18.8. The molecule has 0 bridgehead atoms. The molecule has 1 amide bonds. The summed E-state index contributed by atoms with van der Waals surface area (Å²) in [5.41, 5.74) is 4.94. The van der Waals surface area contributed by atoms with E-state index in [1.807, 2.05) is 4.90 Å². The Hall–Kier alpha value is -3.07. The van der Waals surface area contributed by atoms with Crippen molar-refractivity contribution in [3.8, 4) is 5.75 Å². The van der Waals surface area contributed by atoms with Crippen molar-refractivity contribution in [1.29, 1.82) is 0 Å². The van der Waals surface area contributed by atoms with E-state index in [0.717, 1.165) is 32.5 Å². The summed E-state index contributed by atoms with van der Waals surface area (Å²) in [6.07, 6.45) is 1.86. The Balaban J connectivity index is 0.000000406. The molecule has 1 heterocycles. The fourth-order valence-corrected chi connectivity index (χ4v) is 4.39. The Kier molecular flexibility index (Phi) is 8.55. The SMILES string of the molecule is O=C(O)C(F)(F)F.O=C(c1ccccc1O)N1CCC(NCc2cccc3c2CCCC3)CC1. The number of alkyl halides is 3. The number of phenolic OH excluding ortho intramolecular Hbond substituents is 1. The van der Waals surface area contributed by atoms with Gasteiger partial charge in [0.2, 0.25) is 0 Å². The molecule has 4 rings (SSSR count). The van der Waals surface area contributed by atoms with Gasteiger partial charge in [-0.15, -0.1) is 0 Å². The molecular formula is C25H29F3N2O4. The number of halogens is 3. The van der Waals surface area contributed by atoms with Crippen LogP contribution in [0, 0.1) is 0 Å². The number of piperidine rings is 1. The van der Waals surface area contributed by atoms with Gasteiger partial charge in [0.25, 0.3) is 5.91 Å². The van der Waals surface area contributed by atoms with Crippen LogP contribution in [0.3, 0.4) is 0 Å². The summed E-state index contributed by atoms with van der Waals surface area (Å²) in [7, 11) is 0. The smallest absolute Gasteiger partial charge is 0.490 e. The standard InChI is InChI=1S/C23H28N2O2.C2HF3O2/c26-22-11-4-3-10-21(22)23(27)25-14-12-19(13-15-25)24-16-18-8-5-7-17-6-1-2-9-20(17)18;3-2(4,5)1(6)7/h3-5,7-8,10-11,19,24,26H,1-2,6,9,12-16H2;(H,6,7). The molecule has 0 unspecified atom stereocenters. The van der Waals surface area contributed by atoms with Gasteiger partial charge < -0.3 is 20.4 Å². The maximum atomic E-state index is 12.6. The molecule has 2 aromatic carbocycles. The molecule has 0 spiro atoms. The summed E-state index contributed by atoms with van der Waals surface area (Å²) in [5, 5.41) is 20.7. The van der Waals surface area contributed by atoms with E-state index in [1.165, 1.54) is 36.8 Å². The van der Waals surface area contributed by atoms with E-state index in [9.17, 15) is 23.1 Å². The molecule has 0 aromatic heterocycles. The van der Waals surface area contributed by atoms with Crippen LogP contribution >= 0.6 is 0 Å². The van der Waals surface area contributed by atoms with Crippen molar-refractivity contribution in [3.63, 3.8) is 0 Å². The van der Waals surface area contributed by atoms with Crippen LogP contribution < -0.4 is 5.32 Å². The minimum absolute atomic E-state index is 0.0660. The number of benzene rings is 2. The molecule has 1 aliphatic carbocycles. The molecule has 2 aromatic rings. The number of aromatic hydroxyl groups is 1. The Morgan fingerprint density at radius 2 is 1.65 bits per heavy atom. The predicted octanol–water partition coefficient (Wildman–Crippen LogP) is 4.30. The van der Waals surface area contributed by atoms with E-state index in [1.54, 1.807) is 29.8 Å². The van der Waals surface area contributed by atoms with E-state index in [2.05, 4.69) is 23.5 Å². The molecule has 1 aliphatic heterocycles. The Morgan fingerprint density at radius 1 is 1.00 bits per heavy atom. The van der Waals surface area contributed by atoms with Crippen LogP contribution in [0.25, 0.3) is 0 Å².